The first kappa shape index (κ1) is 12.6. The number of nitrogens with zero attached hydrogens (tertiary/aromatic N) is 2. The molecule has 0 amide bonds. The minimum atomic E-state index is -0.590. The molecule has 1 heterocycles. The van der Waals surface area contributed by atoms with Crippen LogP contribution in [0.15, 0.2) is 30.5 Å². The molecular formula is C14H15FN2O. The number of halogens is 1. The van der Waals surface area contributed by atoms with E-state index in [0.29, 0.717) is 23.4 Å². The summed E-state index contributed by atoms with van der Waals surface area (Å²) in [6, 6.07) is 6.58. The first-order valence-corrected chi connectivity index (χ1v) is 5.82. The lowest BCUT2D eigenvalue weighted by atomic mass is 10.1. The monoisotopic (exact) mass is 246 g/mol. The Kier molecular flexibility index (Phi) is 3.67. The van der Waals surface area contributed by atoms with Crippen LogP contribution in [0.2, 0.25) is 0 Å². The van der Waals surface area contributed by atoms with Crippen molar-refractivity contribution in [1.29, 1.82) is 0 Å². The quantitative estimate of drug-likeness (QED) is 0.905. The Morgan fingerprint density at radius 2 is 2.06 bits per heavy atom. The average Bonchev–Trinajstić information content (AvgIpc) is 2.32. The smallest absolute Gasteiger partial charge is 0.133 e. The van der Waals surface area contributed by atoms with Gasteiger partial charge >= 0.3 is 0 Å². The molecule has 1 atom stereocenters. The number of aliphatic hydroxyl groups is 1. The van der Waals surface area contributed by atoms with E-state index in [1.54, 1.807) is 31.3 Å². The lowest BCUT2D eigenvalue weighted by Gasteiger charge is -2.09. The van der Waals surface area contributed by atoms with Crippen LogP contribution in [-0.4, -0.2) is 15.1 Å². The van der Waals surface area contributed by atoms with Crippen molar-refractivity contribution in [3.8, 4) is 0 Å². The van der Waals surface area contributed by atoms with E-state index in [-0.39, 0.29) is 5.82 Å². The molecule has 4 heteroatoms. The van der Waals surface area contributed by atoms with Gasteiger partial charge in [-0.15, -0.1) is 0 Å². The molecule has 0 radical (unpaired) electrons. The maximum Gasteiger partial charge on any atom is 0.133 e. The number of rotatable bonds is 3. The molecule has 1 N–H and O–H groups in total. The molecule has 0 saturated carbocycles. The Hall–Kier alpha value is -1.81. The second-order valence-electron chi connectivity index (χ2n) is 4.27. The fourth-order valence-electron chi connectivity index (χ4n) is 1.83. The van der Waals surface area contributed by atoms with E-state index in [0.717, 1.165) is 5.69 Å². The fraction of sp³-hybridized carbons (Fsp3) is 0.286. The summed E-state index contributed by atoms with van der Waals surface area (Å²) >= 11 is 0. The summed E-state index contributed by atoms with van der Waals surface area (Å²) in [5.74, 6) is 0.306. The minimum Gasteiger partial charge on any atom is -0.389 e. The zero-order valence-electron chi connectivity index (χ0n) is 10.4. The summed E-state index contributed by atoms with van der Waals surface area (Å²) < 4.78 is 13.5. The fourth-order valence-corrected chi connectivity index (χ4v) is 1.83. The van der Waals surface area contributed by atoms with Gasteiger partial charge in [-0.2, -0.15) is 0 Å². The molecule has 1 aromatic heterocycles. The summed E-state index contributed by atoms with van der Waals surface area (Å²) in [5.41, 5.74) is 2.00. The Morgan fingerprint density at radius 3 is 2.67 bits per heavy atom. The normalized spacial score (nSPS) is 12.4. The molecule has 0 fully saturated rings. The van der Waals surface area contributed by atoms with Crippen LogP contribution in [0.5, 0.6) is 0 Å². The van der Waals surface area contributed by atoms with Crippen LogP contribution in [0.3, 0.4) is 0 Å². The van der Waals surface area contributed by atoms with Crippen molar-refractivity contribution in [2.45, 2.75) is 26.4 Å². The molecular weight excluding hydrogens is 231 g/mol. The molecule has 0 bridgehead atoms. The van der Waals surface area contributed by atoms with Crippen molar-refractivity contribution in [3.05, 3.63) is 58.9 Å². The van der Waals surface area contributed by atoms with E-state index in [9.17, 15) is 9.50 Å². The summed E-state index contributed by atoms with van der Waals surface area (Å²) in [7, 11) is 0. The van der Waals surface area contributed by atoms with Crippen LogP contribution in [0.25, 0.3) is 0 Å². The summed E-state index contributed by atoms with van der Waals surface area (Å²) in [6.07, 6.45) is 1.36. The van der Waals surface area contributed by atoms with E-state index < -0.39 is 6.10 Å². The second-order valence-corrected chi connectivity index (χ2v) is 4.27. The highest BCUT2D eigenvalue weighted by atomic mass is 19.1. The van der Waals surface area contributed by atoms with Crippen LogP contribution in [0.1, 0.15) is 35.7 Å². The lowest BCUT2D eigenvalue weighted by molar-refractivity contribution is 0.197. The maximum absolute atomic E-state index is 13.5. The second kappa shape index (κ2) is 5.23. The van der Waals surface area contributed by atoms with Crippen molar-refractivity contribution in [2.24, 2.45) is 0 Å². The van der Waals surface area contributed by atoms with Crippen LogP contribution in [0, 0.1) is 12.7 Å². The highest BCUT2D eigenvalue weighted by Gasteiger charge is 2.09. The van der Waals surface area contributed by atoms with Crippen molar-refractivity contribution in [3.63, 3.8) is 0 Å². The maximum atomic E-state index is 13.5. The Balaban J connectivity index is 2.26. The molecule has 0 aliphatic rings. The largest absolute Gasteiger partial charge is 0.389 e. The Bertz CT molecular complexity index is 555. The molecule has 1 unspecified atom stereocenters. The van der Waals surface area contributed by atoms with Gasteiger partial charge in [0, 0.05) is 23.9 Å². The first-order valence-electron chi connectivity index (χ1n) is 5.82. The third-order valence-corrected chi connectivity index (χ3v) is 2.82. The topological polar surface area (TPSA) is 46.0 Å². The van der Waals surface area contributed by atoms with Gasteiger partial charge in [0.15, 0.2) is 0 Å². The lowest BCUT2D eigenvalue weighted by Crippen LogP contribution is -2.05. The van der Waals surface area contributed by atoms with Crippen LogP contribution < -0.4 is 0 Å². The van der Waals surface area contributed by atoms with E-state index in [2.05, 4.69) is 9.97 Å². The predicted octanol–water partition coefficient (Wildman–Crippen LogP) is 2.57. The molecule has 0 saturated heterocycles. The molecule has 2 rings (SSSR count). The Labute approximate surface area is 105 Å². The van der Waals surface area contributed by atoms with Gasteiger partial charge in [0.25, 0.3) is 0 Å². The standard InChI is InChI=1S/C14H15FN2O/c1-9-12(10(2)18)8-16-14(17-9)7-11-5-3-4-6-13(11)15/h3-6,8,10,18H,7H2,1-2H3. The third kappa shape index (κ3) is 2.71. The van der Waals surface area contributed by atoms with Crippen molar-refractivity contribution < 1.29 is 9.50 Å². The number of hydrogen-bond acceptors (Lipinski definition) is 3. The zero-order chi connectivity index (χ0) is 13.1. The molecule has 94 valence electrons. The van der Waals surface area contributed by atoms with Crippen molar-refractivity contribution in [2.75, 3.05) is 0 Å². The number of aliphatic hydroxyl groups excluding tert-OH is 1. The minimum absolute atomic E-state index is 0.252. The summed E-state index contributed by atoms with van der Waals surface area (Å²) in [4.78, 5) is 8.45. The molecule has 0 aliphatic heterocycles. The molecule has 0 spiro atoms. The van der Waals surface area contributed by atoms with E-state index in [4.69, 9.17) is 0 Å². The van der Waals surface area contributed by atoms with Crippen molar-refractivity contribution >= 4 is 0 Å². The summed E-state index contributed by atoms with van der Waals surface area (Å²) in [6.45, 7) is 3.48. The first-order chi connectivity index (χ1) is 8.58. The highest BCUT2D eigenvalue weighted by molar-refractivity contribution is 5.23. The zero-order valence-corrected chi connectivity index (χ0v) is 10.4. The van der Waals surface area contributed by atoms with Gasteiger partial charge in [-0.05, 0) is 25.5 Å². The van der Waals surface area contributed by atoms with E-state index in [1.807, 2.05) is 6.92 Å². The van der Waals surface area contributed by atoms with Crippen molar-refractivity contribution in [1.82, 2.24) is 9.97 Å². The molecule has 0 aliphatic carbocycles. The van der Waals surface area contributed by atoms with Gasteiger partial charge < -0.3 is 5.11 Å². The number of aromatic nitrogens is 2. The van der Waals surface area contributed by atoms with Gasteiger partial charge in [-0.3, -0.25) is 0 Å². The molecule has 2 aromatic rings. The van der Waals surface area contributed by atoms with Crippen LogP contribution >= 0.6 is 0 Å². The van der Waals surface area contributed by atoms with Gasteiger partial charge in [-0.25, -0.2) is 14.4 Å². The predicted molar refractivity (Wildman–Crippen MR) is 66.6 cm³/mol. The molecule has 3 nitrogen and oxygen atoms in total. The van der Waals surface area contributed by atoms with Gasteiger partial charge in [0.2, 0.25) is 0 Å². The highest BCUT2D eigenvalue weighted by Crippen LogP contribution is 2.16. The Morgan fingerprint density at radius 1 is 1.33 bits per heavy atom. The molecule has 1 aromatic carbocycles. The number of aryl methyl sites for hydroxylation is 1. The van der Waals surface area contributed by atoms with Crippen LogP contribution in [-0.2, 0) is 6.42 Å². The van der Waals surface area contributed by atoms with Gasteiger partial charge in [0.1, 0.15) is 11.6 Å². The average molecular weight is 246 g/mol. The van der Waals surface area contributed by atoms with Gasteiger partial charge in [0.05, 0.1) is 6.10 Å². The van der Waals surface area contributed by atoms with E-state index >= 15 is 0 Å². The summed E-state index contributed by atoms with van der Waals surface area (Å²) in [5, 5.41) is 9.49. The number of benzene rings is 1. The van der Waals surface area contributed by atoms with Crippen LogP contribution in [0.4, 0.5) is 4.39 Å². The third-order valence-electron chi connectivity index (χ3n) is 2.82. The molecule has 18 heavy (non-hydrogen) atoms. The van der Waals surface area contributed by atoms with Gasteiger partial charge in [-0.1, -0.05) is 18.2 Å². The SMILES string of the molecule is Cc1nc(Cc2ccccc2F)ncc1C(C)O. The van der Waals surface area contributed by atoms with E-state index in [1.165, 1.54) is 6.07 Å². The number of hydrogen-bond donors (Lipinski definition) is 1.